The highest BCUT2D eigenvalue weighted by Gasteiger charge is 2.26. The van der Waals surface area contributed by atoms with Gasteiger partial charge in [-0.05, 0) is 30.1 Å². The standard InChI is InChI=1S/C13H27ClO/c1-11(2)6-8-15-9-7-13(5,10-14)12(3)4/h11-12H,6-10H2,1-5H3. The maximum Gasteiger partial charge on any atom is 0.0471 e. The topological polar surface area (TPSA) is 9.23 Å². The molecule has 0 radical (unpaired) electrons. The molecule has 0 aromatic rings. The minimum Gasteiger partial charge on any atom is -0.381 e. The van der Waals surface area contributed by atoms with Gasteiger partial charge >= 0.3 is 0 Å². The van der Waals surface area contributed by atoms with Crippen molar-refractivity contribution in [2.24, 2.45) is 17.3 Å². The smallest absolute Gasteiger partial charge is 0.0471 e. The minimum absolute atomic E-state index is 0.222. The summed E-state index contributed by atoms with van der Waals surface area (Å²) in [7, 11) is 0. The van der Waals surface area contributed by atoms with E-state index in [9.17, 15) is 0 Å². The molecule has 0 bridgehead atoms. The van der Waals surface area contributed by atoms with Gasteiger partial charge in [-0.1, -0.05) is 34.6 Å². The molecule has 0 N–H and O–H groups in total. The van der Waals surface area contributed by atoms with Gasteiger partial charge in [0.25, 0.3) is 0 Å². The Kier molecular flexibility index (Phi) is 7.64. The van der Waals surface area contributed by atoms with E-state index < -0.39 is 0 Å². The third-order valence-corrected chi connectivity index (χ3v) is 3.97. The fraction of sp³-hybridized carbons (Fsp3) is 1.00. The zero-order chi connectivity index (χ0) is 11.9. The number of rotatable bonds is 8. The second-order valence-corrected chi connectivity index (χ2v) is 5.75. The minimum atomic E-state index is 0.222. The Balaban J connectivity index is 3.64. The van der Waals surface area contributed by atoms with E-state index in [1.165, 1.54) is 0 Å². The van der Waals surface area contributed by atoms with E-state index in [0.29, 0.717) is 5.92 Å². The molecule has 0 aromatic heterocycles. The quantitative estimate of drug-likeness (QED) is 0.449. The Bertz CT molecular complexity index is 157. The zero-order valence-electron chi connectivity index (χ0n) is 11.0. The highest BCUT2D eigenvalue weighted by atomic mass is 35.5. The molecule has 0 heterocycles. The van der Waals surface area contributed by atoms with Gasteiger partial charge in [0.1, 0.15) is 0 Å². The third kappa shape index (κ3) is 6.42. The highest BCUT2D eigenvalue weighted by molar-refractivity contribution is 6.18. The van der Waals surface area contributed by atoms with Crippen molar-refractivity contribution in [1.82, 2.24) is 0 Å². The predicted molar refractivity (Wildman–Crippen MR) is 68.6 cm³/mol. The molecule has 0 fully saturated rings. The molecule has 0 saturated heterocycles. The van der Waals surface area contributed by atoms with E-state index in [-0.39, 0.29) is 5.41 Å². The zero-order valence-corrected chi connectivity index (χ0v) is 11.7. The molecule has 92 valence electrons. The lowest BCUT2D eigenvalue weighted by molar-refractivity contribution is 0.0829. The first-order valence-corrected chi connectivity index (χ1v) is 6.59. The molecule has 0 saturated carbocycles. The molecular weight excluding hydrogens is 208 g/mol. The summed E-state index contributed by atoms with van der Waals surface area (Å²) in [5, 5.41) is 0. The number of ether oxygens (including phenoxy) is 1. The molecule has 0 aliphatic heterocycles. The summed E-state index contributed by atoms with van der Waals surface area (Å²) in [5.41, 5.74) is 0.222. The maximum absolute atomic E-state index is 6.01. The van der Waals surface area contributed by atoms with Gasteiger partial charge in [0.15, 0.2) is 0 Å². The average Bonchev–Trinajstić information content (AvgIpc) is 2.16. The van der Waals surface area contributed by atoms with E-state index in [2.05, 4.69) is 34.6 Å². The summed E-state index contributed by atoms with van der Waals surface area (Å²) in [5.74, 6) is 2.07. The van der Waals surface area contributed by atoms with Crippen molar-refractivity contribution in [3.63, 3.8) is 0 Å². The second-order valence-electron chi connectivity index (χ2n) is 5.49. The summed E-state index contributed by atoms with van der Waals surface area (Å²) < 4.78 is 5.63. The lowest BCUT2D eigenvalue weighted by Crippen LogP contribution is -2.27. The van der Waals surface area contributed by atoms with E-state index >= 15 is 0 Å². The number of halogens is 1. The van der Waals surface area contributed by atoms with Crippen LogP contribution in [0.15, 0.2) is 0 Å². The van der Waals surface area contributed by atoms with Crippen molar-refractivity contribution in [2.45, 2.75) is 47.5 Å². The van der Waals surface area contributed by atoms with Crippen molar-refractivity contribution in [3.05, 3.63) is 0 Å². The molecule has 2 heteroatoms. The molecule has 15 heavy (non-hydrogen) atoms. The molecule has 0 aliphatic carbocycles. The molecule has 1 nitrogen and oxygen atoms in total. The molecular formula is C13H27ClO. The van der Waals surface area contributed by atoms with E-state index in [1.807, 2.05) is 0 Å². The largest absolute Gasteiger partial charge is 0.381 e. The van der Waals surface area contributed by atoms with Crippen LogP contribution in [0, 0.1) is 17.3 Å². The highest BCUT2D eigenvalue weighted by Crippen LogP contribution is 2.32. The van der Waals surface area contributed by atoms with E-state index in [4.69, 9.17) is 16.3 Å². The van der Waals surface area contributed by atoms with Crippen molar-refractivity contribution in [3.8, 4) is 0 Å². The fourth-order valence-corrected chi connectivity index (χ4v) is 1.68. The van der Waals surface area contributed by atoms with Gasteiger partial charge in [-0.2, -0.15) is 0 Å². The third-order valence-electron chi connectivity index (χ3n) is 3.36. The molecule has 0 aliphatic rings. The van der Waals surface area contributed by atoms with Gasteiger partial charge in [0.05, 0.1) is 0 Å². The van der Waals surface area contributed by atoms with Crippen molar-refractivity contribution in [2.75, 3.05) is 19.1 Å². The van der Waals surface area contributed by atoms with Crippen LogP contribution in [-0.4, -0.2) is 19.1 Å². The van der Waals surface area contributed by atoms with Crippen LogP contribution in [0.25, 0.3) is 0 Å². The van der Waals surface area contributed by atoms with E-state index in [0.717, 1.165) is 37.9 Å². The summed E-state index contributed by atoms with van der Waals surface area (Å²) in [6, 6.07) is 0. The van der Waals surface area contributed by atoms with Crippen LogP contribution in [0.5, 0.6) is 0 Å². The Morgan fingerprint density at radius 3 is 2.13 bits per heavy atom. The maximum atomic E-state index is 6.01. The molecule has 0 amide bonds. The lowest BCUT2D eigenvalue weighted by Gasteiger charge is -2.31. The summed E-state index contributed by atoms with van der Waals surface area (Å²) in [6.07, 6.45) is 2.21. The molecule has 0 rings (SSSR count). The van der Waals surface area contributed by atoms with Gasteiger partial charge in [-0.15, -0.1) is 11.6 Å². The Hall–Kier alpha value is 0.250. The average molecular weight is 235 g/mol. The molecule has 0 aromatic carbocycles. The van der Waals surface area contributed by atoms with Gasteiger partial charge in [-0.25, -0.2) is 0 Å². The predicted octanol–water partition coefficient (Wildman–Crippen LogP) is 4.34. The van der Waals surface area contributed by atoms with Gasteiger partial charge < -0.3 is 4.74 Å². The first kappa shape index (κ1) is 15.2. The fourth-order valence-electron chi connectivity index (χ4n) is 1.24. The van der Waals surface area contributed by atoms with Gasteiger partial charge in [0.2, 0.25) is 0 Å². The van der Waals surface area contributed by atoms with Crippen LogP contribution in [-0.2, 0) is 4.74 Å². The van der Waals surface area contributed by atoms with Gasteiger partial charge in [-0.3, -0.25) is 0 Å². The SMILES string of the molecule is CC(C)CCOCCC(C)(CCl)C(C)C. The molecule has 1 atom stereocenters. The van der Waals surface area contributed by atoms with Crippen molar-refractivity contribution >= 4 is 11.6 Å². The van der Waals surface area contributed by atoms with E-state index in [1.54, 1.807) is 0 Å². The summed E-state index contributed by atoms with van der Waals surface area (Å²) >= 11 is 6.01. The van der Waals surface area contributed by atoms with Crippen LogP contribution >= 0.6 is 11.6 Å². The van der Waals surface area contributed by atoms with Crippen LogP contribution in [0.4, 0.5) is 0 Å². The van der Waals surface area contributed by atoms with Crippen LogP contribution < -0.4 is 0 Å². The summed E-state index contributed by atoms with van der Waals surface area (Å²) in [4.78, 5) is 0. The first-order valence-electron chi connectivity index (χ1n) is 6.06. The van der Waals surface area contributed by atoms with Crippen molar-refractivity contribution in [1.29, 1.82) is 0 Å². The molecule has 0 spiro atoms. The normalized spacial score (nSPS) is 16.0. The van der Waals surface area contributed by atoms with Crippen LogP contribution in [0.2, 0.25) is 0 Å². The Morgan fingerprint density at radius 2 is 1.73 bits per heavy atom. The van der Waals surface area contributed by atoms with Crippen molar-refractivity contribution < 1.29 is 4.74 Å². The second kappa shape index (κ2) is 7.51. The number of hydrogen-bond acceptors (Lipinski definition) is 1. The first-order chi connectivity index (χ1) is 6.92. The Morgan fingerprint density at radius 1 is 1.13 bits per heavy atom. The monoisotopic (exact) mass is 234 g/mol. The lowest BCUT2D eigenvalue weighted by atomic mass is 9.78. The Labute approximate surface area is 101 Å². The molecule has 1 unspecified atom stereocenters. The van der Waals surface area contributed by atoms with Crippen LogP contribution in [0.3, 0.4) is 0 Å². The number of hydrogen-bond donors (Lipinski definition) is 0. The van der Waals surface area contributed by atoms with Gasteiger partial charge in [0, 0.05) is 19.1 Å². The summed E-state index contributed by atoms with van der Waals surface area (Å²) in [6.45, 7) is 12.9. The van der Waals surface area contributed by atoms with Crippen LogP contribution in [0.1, 0.15) is 47.5 Å². The number of alkyl halides is 1.